The Morgan fingerprint density at radius 3 is 2.73 bits per heavy atom. The number of imidazole rings is 1. The van der Waals surface area contributed by atoms with Crippen molar-refractivity contribution < 1.29 is 9.21 Å². The first-order chi connectivity index (χ1) is 12.5. The Labute approximate surface area is 165 Å². The maximum atomic E-state index is 12.0. The largest absolute Gasteiger partial charge is 0.467 e. The lowest BCUT2D eigenvalue weighted by atomic mass is 10.2. The fourth-order valence-corrected chi connectivity index (χ4v) is 3.58. The third kappa shape index (κ3) is 4.80. The van der Waals surface area contributed by atoms with Gasteiger partial charge >= 0.3 is 0 Å². The van der Waals surface area contributed by atoms with Crippen LogP contribution in [0.5, 0.6) is 0 Å². The van der Waals surface area contributed by atoms with Crippen LogP contribution in [0.2, 0.25) is 0 Å². The van der Waals surface area contributed by atoms with Crippen molar-refractivity contribution in [3.05, 3.63) is 59.1 Å². The van der Waals surface area contributed by atoms with Crippen LogP contribution in [0.1, 0.15) is 19.6 Å². The van der Waals surface area contributed by atoms with E-state index >= 15 is 0 Å². The zero-order valence-electron chi connectivity index (χ0n) is 14.6. The molecule has 0 aliphatic heterocycles. The SMILES string of the molecule is CC(C)NC(=O)CSc1ncc(-c2ccc(Br)cc2)n1Cc1ccco1. The molecular weight excluding hydrogens is 414 g/mol. The molecular formula is C19H20BrN3O2S. The molecule has 0 atom stereocenters. The number of nitrogens with one attached hydrogen (secondary N) is 1. The third-order valence-corrected chi connectivity index (χ3v) is 5.15. The first-order valence-electron chi connectivity index (χ1n) is 8.29. The number of carbonyl (C=O) groups excluding carboxylic acids is 1. The molecule has 0 aliphatic carbocycles. The van der Waals surface area contributed by atoms with Crippen molar-refractivity contribution in [3.63, 3.8) is 0 Å². The maximum Gasteiger partial charge on any atom is 0.230 e. The van der Waals surface area contributed by atoms with Crippen LogP contribution in [0.4, 0.5) is 0 Å². The highest BCUT2D eigenvalue weighted by atomic mass is 79.9. The van der Waals surface area contributed by atoms with Crippen LogP contribution in [0, 0.1) is 0 Å². The van der Waals surface area contributed by atoms with Crippen molar-refractivity contribution in [2.45, 2.75) is 31.6 Å². The van der Waals surface area contributed by atoms with Crippen molar-refractivity contribution in [2.75, 3.05) is 5.75 Å². The van der Waals surface area contributed by atoms with Crippen molar-refractivity contribution >= 4 is 33.6 Å². The summed E-state index contributed by atoms with van der Waals surface area (Å²) in [4.78, 5) is 16.5. The summed E-state index contributed by atoms with van der Waals surface area (Å²) in [6.45, 7) is 4.46. The second kappa shape index (κ2) is 8.60. The quantitative estimate of drug-likeness (QED) is 0.554. The highest BCUT2D eigenvalue weighted by Crippen LogP contribution is 2.28. The summed E-state index contributed by atoms with van der Waals surface area (Å²) in [7, 11) is 0. The van der Waals surface area contributed by atoms with Crippen LogP contribution in [-0.2, 0) is 11.3 Å². The standard InChI is InChI=1S/C19H20BrN3O2S/c1-13(2)22-18(24)12-26-19-21-10-17(14-5-7-15(20)8-6-14)23(19)11-16-4-3-9-25-16/h3-10,13H,11-12H2,1-2H3,(H,22,24). The van der Waals surface area contributed by atoms with Gasteiger partial charge in [-0.3, -0.25) is 4.79 Å². The van der Waals surface area contributed by atoms with E-state index in [0.29, 0.717) is 12.3 Å². The van der Waals surface area contributed by atoms with E-state index in [0.717, 1.165) is 26.6 Å². The number of benzene rings is 1. The van der Waals surface area contributed by atoms with E-state index in [1.54, 1.807) is 6.26 Å². The molecule has 7 heteroatoms. The summed E-state index contributed by atoms with van der Waals surface area (Å²) in [6.07, 6.45) is 3.50. The molecule has 0 saturated heterocycles. The molecule has 0 bridgehead atoms. The second-order valence-electron chi connectivity index (χ2n) is 6.11. The minimum Gasteiger partial charge on any atom is -0.467 e. The summed E-state index contributed by atoms with van der Waals surface area (Å²) >= 11 is 4.89. The molecule has 5 nitrogen and oxygen atoms in total. The maximum absolute atomic E-state index is 12.0. The monoisotopic (exact) mass is 433 g/mol. The number of amides is 1. The Morgan fingerprint density at radius 1 is 1.31 bits per heavy atom. The van der Waals surface area contributed by atoms with Gasteiger partial charge in [-0.1, -0.05) is 39.8 Å². The number of nitrogens with zero attached hydrogens (tertiary/aromatic N) is 2. The lowest BCUT2D eigenvalue weighted by molar-refractivity contribution is -0.119. The summed E-state index contributed by atoms with van der Waals surface area (Å²) in [6, 6.07) is 12.0. The van der Waals surface area contributed by atoms with E-state index in [-0.39, 0.29) is 11.9 Å². The van der Waals surface area contributed by atoms with Gasteiger partial charge in [-0.2, -0.15) is 0 Å². The molecule has 2 aromatic heterocycles. The molecule has 0 aliphatic rings. The molecule has 0 radical (unpaired) electrons. The van der Waals surface area contributed by atoms with E-state index in [2.05, 4.69) is 30.8 Å². The number of thioether (sulfide) groups is 1. The molecule has 0 fully saturated rings. The molecule has 0 spiro atoms. The normalized spacial score (nSPS) is 11.1. The van der Waals surface area contributed by atoms with E-state index in [1.165, 1.54) is 11.8 Å². The van der Waals surface area contributed by atoms with Crippen LogP contribution in [0.3, 0.4) is 0 Å². The molecule has 136 valence electrons. The Morgan fingerprint density at radius 2 is 2.08 bits per heavy atom. The van der Waals surface area contributed by atoms with Crippen molar-refractivity contribution in [1.29, 1.82) is 0 Å². The van der Waals surface area contributed by atoms with E-state index in [9.17, 15) is 4.79 Å². The first-order valence-corrected chi connectivity index (χ1v) is 10.1. The number of furan rings is 1. The van der Waals surface area contributed by atoms with Gasteiger partial charge in [-0.15, -0.1) is 0 Å². The Balaban J connectivity index is 1.86. The molecule has 1 aromatic carbocycles. The van der Waals surface area contributed by atoms with Gasteiger partial charge < -0.3 is 14.3 Å². The minimum atomic E-state index is 0.00254. The van der Waals surface area contributed by atoms with Gasteiger partial charge in [0, 0.05) is 10.5 Å². The molecule has 1 N–H and O–H groups in total. The number of halogens is 1. The van der Waals surface area contributed by atoms with E-state index < -0.39 is 0 Å². The number of aromatic nitrogens is 2. The predicted octanol–water partition coefficient (Wildman–Crippen LogP) is 4.57. The van der Waals surface area contributed by atoms with Crippen LogP contribution < -0.4 is 5.32 Å². The van der Waals surface area contributed by atoms with Gasteiger partial charge in [0.05, 0.1) is 30.5 Å². The van der Waals surface area contributed by atoms with Crippen molar-refractivity contribution in [2.24, 2.45) is 0 Å². The van der Waals surface area contributed by atoms with Crippen LogP contribution in [0.25, 0.3) is 11.3 Å². The number of carbonyl (C=O) groups is 1. The van der Waals surface area contributed by atoms with Gasteiger partial charge in [0.25, 0.3) is 0 Å². The lowest BCUT2D eigenvalue weighted by Crippen LogP contribution is -2.31. The smallest absolute Gasteiger partial charge is 0.230 e. The molecule has 26 heavy (non-hydrogen) atoms. The molecule has 3 aromatic rings. The predicted molar refractivity (Wildman–Crippen MR) is 107 cm³/mol. The zero-order valence-corrected chi connectivity index (χ0v) is 17.0. The summed E-state index contributed by atoms with van der Waals surface area (Å²) in [5.74, 6) is 1.17. The van der Waals surface area contributed by atoms with E-state index in [4.69, 9.17) is 4.42 Å². The highest BCUT2D eigenvalue weighted by molar-refractivity contribution is 9.10. The third-order valence-electron chi connectivity index (χ3n) is 3.64. The molecule has 3 rings (SSSR count). The van der Waals surface area contributed by atoms with Crippen molar-refractivity contribution in [3.8, 4) is 11.3 Å². The first kappa shape index (κ1) is 18.8. The second-order valence-corrected chi connectivity index (χ2v) is 7.97. The summed E-state index contributed by atoms with van der Waals surface area (Å²) in [5.41, 5.74) is 2.05. The van der Waals surface area contributed by atoms with Crippen LogP contribution in [0.15, 0.2) is 62.9 Å². The summed E-state index contributed by atoms with van der Waals surface area (Å²) < 4.78 is 8.61. The highest BCUT2D eigenvalue weighted by Gasteiger charge is 2.15. The van der Waals surface area contributed by atoms with Crippen LogP contribution >= 0.6 is 27.7 Å². The average molecular weight is 434 g/mol. The Bertz CT molecular complexity index is 858. The van der Waals surface area contributed by atoms with Gasteiger partial charge in [-0.25, -0.2) is 4.98 Å². The van der Waals surface area contributed by atoms with Gasteiger partial charge in [-0.05, 0) is 43.7 Å². The topological polar surface area (TPSA) is 60.1 Å². The fraction of sp³-hybridized carbons (Fsp3) is 0.263. The van der Waals surface area contributed by atoms with Crippen LogP contribution in [-0.4, -0.2) is 27.3 Å². The van der Waals surface area contributed by atoms with Gasteiger partial charge in [0.1, 0.15) is 5.76 Å². The number of hydrogen-bond acceptors (Lipinski definition) is 4. The zero-order chi connectivity index (χ0) is 18.5. The average Bonchev–Trinajstić information content (AvgIpc) is 3.24. The molecule has 0 saturated carbocycles. The van der Waals surface area contributed by atoms with E-state index in [1.807, 2.05) is 56.4 Å². The Kier molecular flexibility index (Phi) is 6.21. The van der Waals surface area contributed by atoms with Gasteiger partial charge in [0.2, 0.25) is 5.91 Å². The number of hydrogen-bond donors (Lipinski definition) is 1. The molecule has 1 amide bonds. The molecule has 2 heterocycles. The summed E-state index contributed by atoms with van der Waals surface area (Å²) in [5, 5.41) is 3.69. The van der Waals surface area contributed by atoms with Gasteiger partial charge in [0.15, 0.2) is 5.16 Å². The Hall–Kier alpha value is -1.99. The minimum absolute atomic E-state index is 0.00254. The fourth-order valence-electron chi connectivity index (χ4n) is 2.53. The number of rotatable bonds is 7. The molecule has 0 unspecified atom stereocenters. The lowest BCUT2D eigenvalue weighted by Gasteiger charge is -2.11. The van der Waals surface area contributed by atoms with Crippen molar-refractivity contribution in [1.82, 2.24) is 14.9 Å².